The van der Waals surface area contributed by atoms with Crippen molar-refractivity contribution in [2.24, 2.45) is 5.92 Å². The highest BCUT2D eigenvalue weighted by atomic mass is 35.7. The van der Waals surface area contributed by atoms with E-state index in [4.69, 9.17) is 10.7 Å². The molecule has 0 aromatic carbocycles. The van der Waals surface area contributed by atoms with Crippen LogP contribution in [0, 0.1) is 5.92 Å². The fourth-order valence-corrected chi connectivity index (χ4v) is 1.79. The molecule has 0 heterocycles. The molecular formula is C7H11ClS. The van der Waals surface area contributed by atoms with Crippen LogP contribution in [0.4, 0.5) is 0 Å². The van der Waals surface area contributed by atoms with Gasteiger partial charge in [-0.2, -0.15) is 0 Å². The molecule has 1 aliphatic carbocycles. The molecule has 1 atom stereocenters. The van der Waals surface area contributed by atoms with Crippen LogP contribution in [0.3, 0.4) is 0 Å². The van der Waals surface area contributed by atoms with Crippen LogP contribution in [-0.2, 0) is 0 Å². The van der Waals surface area contributed by atoms with E-state index in [0.717, 1.165) is 5.92 Å². The summed E-state index contributed by atoms with van der Waals surface area (Å²) in [6.07, 6.45) is 5.97. The van der Waals surface area contributed by atoms with E-state index >= 15 is 0 Å². The molecule has 0 unspecified atom stereocenters. The van der Waals surface area contributed by atoms with E-state index < -0.39 is 0 Å². The van der Waals surface area contributed by atoms with Gasteiger partial charge in [-0.25, -0.2) is 0 Å². The van der Waals surface area contributed by atoms with Gasteiger partial charge in [-0.05, 0) is 51.7 Å². The molecule has 0 saturated carbocycles. The molecule has 0 bridgehead atoms. The highest BCUT2D eigenvalue weighted by molar-refractivity contribution is 8.24. The summed E-state index contributed by atoms with van der Waals surface area (Å²) in [5.41, 5.74) is 0. The van der Waals surface area contributed by atoms with Crippen molar-refractivity contribution in [3.05, 3.63) is 11.0 Å². The zero-order valence-corrected chi connectivity index (χ0v) is 7.13. The Hall–Kier alpha value is 0.380. The highest BCUT2D eigenvalue weighted by Gasteiger charge is 2.08. The monoisotopic (exact) mass is 162 g/mol. The van der Waals surface area contributed by atoms with Gasteiger partial charge in [0, 0.05) is 0 Å². The predicted octanol–water partition coefficient (Wildman–Crippen LogP) is 3.58. The molecule has 2 heteroatoms. The van der Waals surface area contributed by atoms with Gasteiger partial charge >= 0.3 is 0 Å². The van der Waals surface area contributed by atoms with E-state index in [-0.39, 0.29) is 0 Å². The Labute approximate surface area is 65.2 Å². The Balaban J connectivity index is 2.40. The van der Waals surface area contributed by atoms with Gasteiger partial charge in [-0.15, -0.1) is 0 Å². The minimum atomic E-state index is 0.873. The van der Waals surface area contributed by atoms with Gasteiger partial charge in [0.25, 0.3) is 0 Å². The Morgan fingerprint density at radius 2 is 2.56 bits per heavy atom. The normalized spacial score (nSPS) is 27.8. The molecule has 0 saturated heterocycles. The molecule has 0 aliphatic heterocycles. The van der Waals surface area contributed by atoms with Crippen LogP contribution in [0.5, 0.6) is 0 Å². The molecule has 0 fully saturated rings. The minimum Gasteiger partial charge on any atom is -0.0735 e. The number of hydrogen-bond acceptors (Lipinski definition) is 1. The molecule has 0 aromatic heterocycles. The largest absolute Gasteiger partial charge is 0.0735 e. The molecule has 0 aromatic rings. The average molecular weight is 163 g/mol. The topological polar surface area (TPSA) is 0 Å². The molecule has 9 heavy (non-hydrogen) atoms. The van der Waals surface area contributed by atoms with Crippen LogP contribution < -0.4 is 0 Å². The third-order valence-corrected chi connectivity index (χ3v) is 2.89. The van der Waals surface area contributed by atoms with Crippen LogP contribution in [-0.4, -0.2) is 0 Å². The minimum absolute atomic E-state index is 0.873. The summed E-state index contributed by atoms with van der Waals surface area (Å²) in [5.74, 6) is 0.873. The van der Waals surface area contributed by atoms with E-state index in [1.165, 1.54) is 35.1 Å². The van der Waals surface area contributed by atoms with Gasteiger partial charge in [0.2, 0.25) is 0 Å². The maximum atomic E-state index is 5.58. The van der Waals surface area contributed by atoms with Crippen molar-refractivity contribution in [2.45, 2.75) is 26.2 Å². The van der Waals surface area contributed by atoms with Gasteiger partial charge < -0.3 is 0 Å². The summed E-state index contributed by atoms with van der Waals surface area (Å²) in [6.45, 7) is 2.28. The van der Waals surface area contributed by atoms with Gasteiger partial charge in [0.1, 0.15) is 0 Å². The van der Waals surface area contributed by atoms with Crippen LogP contribution in [0.25, 0.3) is 0 Å². The number of halogens is 1. The lowest BCUT2D eigenvalue weighted by Crippen LogP contribution is -1.98. The molecule has 0 amide bonds. The van der Waals surface area contributed by atoms with Crippen molar-refractivity contribution in [2.75, 3.05) is 0 Å². The summed E-state index contributed by atoms with van der Waals surface area (Å²) in [5, 5.41) is 0. The molecule has 0 nitrogen and oxygen atoms in total. The van der Waals surface area contributed by atoms with E-state index in [2.05, 4.69) is 13.0 Å². The first-order chi connectivity index (χ1) is 4.33. The first kappa shape index (κ1) is 7.49. The van der Waals surface area contributed by atoms with E-state index in [0.29, 0.717) is 0 Å². The lowest BCUT2D eigenvalue weighted by molar-refractivity contribution is 0.524. The second kappa shape index (κ2) is 3.52. The zero-order valence-electron chi connectivity index (χ0n) is 5.56. The fraction of sp³-hybridized carbons (Fsp3) is 0.714. The molecule has 0 N–H and O–H groups in total. The van der Waals surface area contributed by atoms with Crippen LogP contribution >= 0.6 is 21.7 Å². The lowest BCUT2D eigenvalue weighted by atomic mass is 9.97. The van der Waals surface area contributed by atoms with Crippen molar-refractivity contribution >= 4 is 21.7 Å². The van der Waals surface area contributed by atoms with Crippen LogP contribution in [0.2, 0.25) is 0 Å². The Bertz CT molecular complexity index is 120. The number of hydrogen-bond donors (Lipinski definition) is 0. The van der Waals surface area contributed by atoms with Crippen molar-refractivity contribution in [3.63, 3.8) is 0 Å². The second-order valence-electron chi connectivity index (χ2n) is 2.63. The van der Waals surface area contributed by atoms with Gasteiger partial charge in [0.15, 0.2) is 0 Å². The number of allylic oxidation sites excluding steroid dienone is 2. The van der Waals surface area contributed by atoms with E-state index in [1.807, 2.05) is 0 Å². The van der Waals surface area contributed by atoms with Gasteiger partial charge in [0.05, 0.1) is 0 Å². The smallest absolute Gasteiger partial charge is 0.00311 e. The van der Waals surface area contributed by atoms with Crippen LogP contribution in [0.15, 0.2) is 11.0 Å². The zero-order chi connectivity index (χ0) is 6.69. The van der Waals surface area contributed by atoms with Crippen molar-refractivity contribution < 1.29 is 0 Å². The quantitative estimate of drug-likeness (QED) is 0.568. The Kier molecular flexibility index (Phi) is 2.93. The van der Waals surface area contributed by atoms with Gasteiger partial charge in [-0.1, -0.05) is 13.0 Å². The third-order valence-electron chi connectivity index (χ3n) is 1.73. The standard InChI is InChI=1S/C7H11ClS/c1-6-2-4-7(9-8)5-3-6/h4,6H,2-3,5H2,1H3/t6-/m0/s1. The second-order valence-corrected chi connectivity index (χ2v) is 3.77. The summed E-state index contributed by atoms with van der Waals surface area (Å²) < 4.78 is 0. The van der Waals surface area contributed by atoms with Crippen LogP contribution in [0.1, 0.15) is 26.2 Å². The predicted molar refractivity (Wildman–Crippen MR) is 44.5 cm³/mol. The summed E-state index contributed by atoms with van der Waals surface area (Å²) in [7, 11) is 6.96. The average Bonchev–Trinajstić information content (AvgIpc) is 1.90. The van der Waals surface area contributed by atoms with Crippen molar-refractivity contribution in [1.29, 1.82) is 0 Å². The first-order valence-electron chi connectivity index (χ1n) is 3.30. The third kappa shape index (κ3) is 2.23. The summed E-state index contributed by atoms with van der Waals surface area (Å²) >= 11 is 0. The lowest BCUT2D eigenvalue weighted by Gasteiger charge is -2.15. The first-order valence-corrected chi connectivity index (χ1v) is 4.95. The molecular weight excluding hydrogens is 152 g/mol. The van der Waals surface area contributed by atoms with E-state index in [9.17, 15) is 0 Å². The van der Waals surface area contributed by atoms with Crippen molar-refractivity contribution in [3.8, 4) is 0 Å². The highest BCUT2D eigenvalue weighted by Crippen LogP contribution is 2.32. The molecule has 52 valence electrons. The van der Waals surface area contributed by atoms with Gasteiger partial charge in [-0.3, -0.25) is 0 Å². The Morgan fingerprint density at radius 1 is 1.78 bits per heavy atom. The maximum absolute atomic E-state index is 5.58. The SMILES string of the molecule is C[C@H]1CC=C(SCl)CC1. The summed E-state index contributed by atoms with van der Waals surface area (Å²) in [6, 6.07) is 0. The Morgan fingerprint density at radius 3 is 3.00 bits per heavy atom. The molecule has 1 rings (SSSR count). The number of rotatable bonds is 1. The molecule has 1 aliphatic rings. The van der Waals surface area contributed by atoms with E-state index in [1.54, 1.807) is 0 Å². The molecule has 0 radical (unpaired) electrons. The van der Waals surface area contributed by atoms with Crippen molar-refractivity contribution in [1.82, 2.24) is 0 Å². The summed E-state index contributed by atoms with van der Waals surface area (Å²) in [4.78, 5) is 1.36. The molecule has 0 spiro atoms. The maximum Gasteiger partial charge on any atom is -0.00311 e. The fourth-order valence-electron chi connectivity index (χ4n) is 1.01.